The highest BCUT2D eigenvalue weighted by atomic mass is 79.9. The third-order valence-corrected chi connectivity index (χ3v) is 4.36. The van der Waals surface area contributed by atoms with Crippen molar-refractivity contribution in [1.82, 2.24) is 9.88 Å². The lowest BCUT2D eigenvalue weighted by Gasteiger charge is -2.21. The van der Waals surface area contributed by atoms with Gasteiger partial charge in [-0.15, -0.1) is 0 Å². The van der Waals surface area contributed by atoms with Crippen LogP contribution < -0.4 is 5.73 Å². The Morgan fingerprint density at radius 1 is 1.35 bits per heavy atom. The molecule has 3 N–H and O–H groups in total. The SMILES string of the molecule is CC(C)C(N)CCN(C)Cc1c[nH]c2ccc(Br)cc12. The lowest BCUT2D eigenvalue weighted by molar-refractivity contribution is 0.297. The summed E-state index contributed by atoms with van der Waals surface area (Å²) >= 11 is 3.54. The number of halogens is 1. The zero-order valence-corrected chi connectivity index (χ0v) is 14.1. The maximum absolute atomic E-state index is 6.11. The summed E-state index contributed by atoms with van der Waals surface area (Å²) in [5.41, 5.74) is 8.63. The van der Waals surface area contributed by atoms with E-state index in [1.165, 1.54) is 16.5 Å². The molecule has 1 aromatic carbocycles. The minimum absolute atomic E-state index is 0.287. The van der Waals surface area contributed by atoms with Crippen molar-refractivity contribution in [3.8, 4) is 0 Å². The van der Waals surface area contributed by atoms with Crippen LogP contribution in [0.4, 0.5) is 0 Å². The Kier molecular flexibility index (Phi) is 5.24. The zero-order chi connectivity index (χ0) is 14.7. The molecule has 110 valence electrons. The van der Waals surface area contributed by atoms with Crippen LogP contribution in [0.2, 0.25) is 0 Å². The molecule has 2 aromatic rings. The number of hydrogen-bond donors (Lipinski definition) is 2. The molecule has 1 heterocycles. The van der Waals surface area contributed by atoms with Crippen molar-refractivity contribution in [2.45, 2.75) is 32.9 Å². The number of aromatic nitrogens is 1. The molecule has 1 atom stereocenters. The number of fused-ring (bicyclic) bond motifs is 1. The first-order valence-corrected chi connectivity index (χ1v) is 7.96. The van der Waals surface area contributed by atoms with E-state index in [1.54, 1.807) is 0 Å². The van der Waals surface area contributed by atoms with Crippen LogP contribution in [0.25, 0.3) is 10.9 Å². The van der Waals surface area contributed by atoms with Gasteiger partial charge in [0, 0.05) is 34.2 Å². The van der Waals surface area contributed by atoms with Gasteiger partial charge in [0.25, 0.3) is 0 Å². The molecule has 0 saturated carbocycles. The maximum atomic E-state index is 6.11. The summed E-state index contributed by atoms with van der Waals surface area (Å²) in [5.74, 6) is 0.549. The molecule has 0 spiro atoms. The molecular weight excluding hydrogens is 314 g/mol. The van der Waals surface area contributed by atoms with Crippen LogP contribution in [-0.2, 0) is 6.54 Å². The topological polar surface area (TPSA) is 45.0 Å². The number of nitrogens with one attached hydrogen (secondary N) is 1. The van der Waals surface area contributed by atoms with Crippen molar-refractivity contribution in [3.63, 3.8) is 0 Å². The smallest absolute Gasteiger partial charge is 0.0458 e. The molecule has 0 bridgehead atoms. The van der Waals surface area contributed by atoms with Gasteiger partial charge in [0.15, 0.2) is 0 Å². The van der Waals surface area contributed by atoms with Gasteiger partial charge in [0.1, 0.15) is 0 Å². The molecule has 0 aliphatic rings. The third kappa shape index (κ3) is 3.84. The van der Waals surface area contributed by atoms with Gasteiger partial charge < -0.3 is 15.6 Å². The van der Waals surface area contributed by atoms with E-state index >= 15 is 0 Å². The van der Waals surface area contributed by atoms with Gasteiger partial charge in [0.2, 0.25) is 0 Å². The van der Waals surface area contributed by atoms with E-state index in [1.807, 2.05) is 0 Å². The Hall–Kier alpha value is -0.840. The highest BCUT2D eigenvalue weighted by Crippen LogP contribution is 2.23. The van der Waals surface area contributed by atoms with E-state index in [-0.39, 0.29) is 6.04 Å². The Labute approximate surface area is 129 Å². The van der Waals surface area contributed by atoms with E-state index < -0.39 is 0 Å². The monoisotopic (exact) mass is 337 g/mol. The summed E-state index contributed by atoms with van der Waals surface area (Å²) in [4.78, 5) is 5.67. The minimum Gasteiger partial charge on any atom is -0.361 e. The fraction of sp³-hybridized carbons (Fsp3) is 0.500. The van der Waals surface area contributed by atoms with E-state index in [0.717, 1.165) is 24.0 Å². The number of hydrogen-bond acceptors (Lipinski definition) is 2. The average Bonchev–Trinajstić information content (AvgIpc) is 2.78. The molecule has 3 nitrogen and oxygen atoms in total. The maximum Gasteiger partial charge on any atom is 0.0458 e. The van der Waals surface area contributed by atoms with Crippen LogP contribution >= 0.6 is 15.9 Å². The van der Waals surface area contributed by atoms with E-state index in [4.69, 9.17) is 5.73 Å². The molecule has 20 heavy (non-hydrogen) atoms. The fourth-order valence-electron chi connectivity index (χ4n) is 2.35. The number of nitrogens with two attached hydrogens (primary N) is 1. The van der Waals surface area contributed by atoms with Crippen molar-refractivity contribution in [3.05, 3.63) is 34.4 Å². The second kappa shape index (κ2) is 6.74. The Bertz CT molecular complexity index is 562. The summed E-state index contributed by atoms with van der Waals surface area (Å²) in [6.07, 6.45) is 3.15. The summed E-state index contributed by atoms with van der Waals surface area (Å²) in [6, 6.07) is 6.63. The van der Waals surface area contributed by atoms with Crippen LogP contribution in [0.3, 0.4) is 0 Å². The number of H-pyrrole nitrogens is 1. The number of aromatic amines is 1. The molecular formula is C16H24BrN3. The van der Waals surface area contributed by atoms with Gasteiger partial charge in [-0.2, -0.15) is 0 Å². The van der Waals surface area contributed by atoms with Gasteiger partial charge >= 0.3 is 0 Å². The van der Waals surface area contributed by atoms with Crippen LogP contribution in [0.1, 0.15) is 25.8 Å². The first kappa shape index (κ1) is 15.5. The van der Waals surface area contributed by atoms with Crippen LogP contribution in [0.15, 0.2) is 28.9 Å². The molecule has 4 heteroatoms. The first-order valence-electron chi connectivity index (χ1n) is 7.17. The van der Waals surface area contributed by atoms with E-state index in [2.05, 4.69) is 71.1 Å². The third-order valence-electron chi connectivity index (χ3n) is 3.87. The molecule has 0 aliphatic heterocycles. The molecule has 0 aliphatic carbocycles. The summed E-state index contributed by atoms with van der Waals surface area (Å²) in [7, 11) is 2.16. The molecule has 1 aromatic heterocycles. The number of benzene rings is 1. The predicted octanol–water partition coefficient (Wildman–Crippen LogP) is 3.74. The summed E-state index contributed by atoms with van der Waals surface area (Å²) < 4.78 is 1.12. The van der Waals surface area contributed by atoms with Gasteiger partial charge in [-0.1, -0.05) is 29.8 Å². The number of nitrogens with zero attached hydrogens (tertiary/aromatic N) is 1. The standard InChI is InChI=1S/C16H24BrN3/c1-11(2)15(18)6-7-20(3)10-12-9-19-16-5-4-13(17)8-14(12)16/h4-5,8-9,11,15,19H,6-7,10,18H2,1-3H3. The summed E-state index contributed by atoms with van der Waals surface area (Å²) in [5, 5.41) is 1.29. The Balaban J connectivity index is 1.99. The predicted molar refractivity (Wildman–Crippen MR) is 89.8 cm³/mol. The first-order chi connectivity index (χ1) is 9.47. The Morgan fingerprint density at radius 3 is 2.80 bits per heavy atom. The quantitative estimate of drug-likeness (QED) is 0.843. The second-order valence-corrected chi connectivity index (χ2v) is 6.85. The highest BCUT2D eigenvalue weighted by Gasteiger charge is 2.11. The lowest BCUT2D eigenvalue weighted by atomic mass is 10.0. The largest absolute Gasteiger partial charge is 0.361 e. The van der Waals surface area contributed by atoms with Gasteiger partial charge in [-0.3, -0.25) is 0 Å². The van der Waals surface area contributed by atoms with Crippen molar-refractivity contribution < 1.29 is 0 Å². The lowest BCUT2D eigenvalue weighted by Crippen LogP contribution is -2.31. The van der Waals surface area contributed by atoms with Gasteiger partial charge in [-0.05, 0) is 49.7 Å². The fourth-order valence-corrected chi connectivity index (χ4v) is 2.72. The Morgan fingerprint density at radius 2 is 2.10 bits per heavy atom. The average molecular weight is 338 g/mol. The van der Waals surface area contributed by atoms with Crippen molar-refractivity contribution in [1.29, 1.82) is 0 Å². The molecule has 0 amide bonds. The molecule has 1 unspecified atom stereocenters. The minimum atomic E-state index is 0.287. The highest BCUT2D eigenvalue weighted by molar-refractivity contribution is 9.10. The number of rotatable bonds is 6. The van der Waals surface area contributed by atoms with E-state index in [9.17, 15) is 0 Å². The van der Waals surface area contributed by atoms with Crippen LogP contribution in [0, 0.1) is 5.92 Å². The zero-order valence-electron chi connectivity index (χ0n) is 12.5. The van der Waals surface area contributed by atoms with Gasteiger partial charge in [-0.25, -0.2) is 0 Å². The van der Waals surface area contributed by atoms with Crippen molar-refractivity contribution in [2.75, 3.05) is 13.6 Å². The molecule has 0 saturated heterocycles. The molecule has 0 radical (unpaired) electrons. The molecule has 2 rings (SSSR count). The summed E-state index contributed by atoms with van der Waals surface area (Å²) in [6.45, 7) is 6.34. The second-order valence-electron chi connectivity index (χ2n) is 5.94. The van der Waals surface area contributed by atoms with Gasteiger partial charge in [0.05, 0.1) is 0 Å². The normalized spacial score (nSPS) is 13.6. The van der Waals surface area contributed by atoms with Crippen LogP contribution in [-0.4, -0.2) is 29.5 Å². The van der Waals surface area contributed by atoms with Crippen molar-refractivity contribution in [2.24, 2.45) is 11.7 Å². The van der Waals surface area contributed by atoms with Crippen molar-refractivity contribution >= 4 is 26.8 Å². The molecule has 0 fully saturated rings. The van der Waals surface area contributed by atoms with Crippen LogP contribution in [0.5, 0.6) is 0 Å². The van der Waals surface area contributed by atoms with E-state index in [0.29, 0.717) is 5.92 Å².